The lowest BCUT2D eigenvalue weighted by atomic mass is 10.0. The number of nitrogens with two attached hydrogens (primary N) is 1. The number of hydrogen-bond acceptors (Lipinski definition) is 4. The number of anilines is 3. The van der Waals surface area contributed by atoms with Gasteiger partial charge in [0.2, 0.25) is 5.88 Å². The van der Waals surface area contributed by atoms with Gasteiger partial charge in [-0.1, -0.05) is 47.1 Å². The van der Waals surface area contributed by atoms with Crippen LogP contribution < -0.4 is 16.4 Å². The Bertz CT molecular complexity index is 1170. The standard InChI is InChI=1S/C21H17ClN4O2/c1-12-5-8-15(11-17(12)22)25-21(27)24-14-9-6-13(7-10-14)16-3-2-4-18-19(16)20(23)28-26-18/h2-11H,23H2,1H3,(H2,24,25,27). The Morgan fingerprint density at radius 3 is 2.50 bits per heavy atom. The number of halogens is 1. The fraction of sp³-hybridized carbons (Fsp3) is 0.0476. The Morgan fingerprint density at radius 2 is 1.75 bits per heavy atom. The van der Waals surface area contributed by atoms with Crippen LogP contribution in [0.1, 0.15) is 5.56 Å². The minimum absolute atomic E-state index is 0.281. The zero-order chi connectivity index (χ0) is 19.7. The minimum atomic E-state index is -0.349. The first-order valence-electron chi connectivity index (χ1n) is 8.60. The molecule has 140 valence electrons. The zero-order valence-corrected chi connectivity index (χ0v) is 15.7. The molecule has 1 heterocycles. The molecule has 0 fully saturated rings. The van der Waals surface area contributed by atoms with Crippen LogP contribution in [0.3, 0.4) is 0 Å². The summed E-state index contributed by atoms with van der Waals surface area (Å²) in [6.45, 7) is 1.90. The third kappa shape index (κ3) is 3.50. The molecule has 0 aliphatic heterocycles. The lowest BCUT2D eigenvalue weighted by molar-refractivity contribution is 0.262. The predicted molar refractivity (Wildman–Crippen MR) is 113 cm³/mol. The smallest absolute Gasteiger partial charge is 0.323 e. The van der Waals surface area contributed by atoms with Crippen molar-refractivity contribution < 1.29 is 9.32 Å². The van der Waals surface area contributed by atoms with Gasteiger partial charge >= 0.3 is 6.03 Å². The average Bonchev–Trinajstić information content (AvgIpc) is 3.07. The van der Waals surface area contributed by atoms with Gasteiger partial charge in [-0.15, -0.1) is 0 Å². The summed E-state index contributed by atoms with van der Waals surface area (Å²) >= 11 is 6.09. The highest BCUT2D eigenvalue weighted by Gasteiger charge is 2.12. The van der Waals surface area contributed by atoms with Crippen molar-refractivity contribution in [1.29, 1.82) is 0 Å². The molecule has 0 aliphatic rings. The maximum absolute atomic E-state index is 12.2. The van der Waals surface area contributed by atoms with Gasteiger partial charge in [-0.05, 0) is 53.9 Å². The third-order valence-electron chi connectivity index (χ3n) is 4.41. The molecule has 0 aliphatic carbocycles. The molecule has 0 bridgehead atoms. The van der Waals surface area contributed by atoms with Gasteiger partial charge < -0.3 is 20.9 Å². The van der Waals surface area contributed by atoms with Gasteiger partial charge in [0.1, 0.15) is 5.52 Å². The monoisotopic (exact) mass is 392 g/mol. The van der Waals surface area contributed by atoms with Crippen molar-refractivity contribution in [2.75, 3.05) is 16.4 Å². The van der Waals surface area contributed by atoms with Gasteiger partial charge in [-0.2, -0.15) is 0 Å². The van der Waals surface area contributed by atoms with Crippen molar-refractivity contribution in [2.45, 2.75) is 6.92 Å². The topological polar surface area (TPSA) is 93.2 Å². The highest BCUT2D eigenvalue weighted by Crippen LogP contribution is 2.33. The number of carbonyl (C=O) groups is 1. The van der Waals surface area contributed by atoms with Crippen molar-refractivity contribution in [2.24, 2.45) is 0 Å². The number of carbonyl (C=O) groups excluding carboxylic acids is 1. The molecule has 4 N–H and O–H groups in total. The highest BCUT2D eigenvalue weighted by molar-refractivity contribution is 6.31. The van der Waals surface area contributed by atoms with Gasteiger partial charge in [0.05, 0.1) is 5.39 Å². The molecular weight excluding hydrogens is 376 g/mol. The van der Waals surface area contributed by atoms with Crippen molar-refractivity contribution in [3.63, 3.8) is 0 Å². The number of aryl methyl sites for hydroxylation is 1. The number of hydrogen-bond donors (Lipinski definition) is 3. The van der Waals surface area contributed by atoms with E-state index < -0.39 is 0 Å². The summed E-state index contributed by atoms with van der Waals surface area (Å²) in [4.78, 5) is 12.2. The van der Waals surface area contributed by atoms with Gasteiger partial charge in [0.25, 0.3) is 0 Å². The first kappa shape index (κ1) is 17.9. The molecule has 0 saturated heterocycles. The molecule has 0 saturated carbocycles. The predicted octanol–water partition coefficient (Wildman–Crippen LogP) is 5.68. The number of nitrogens with zero attached hydrogens (tertiary/aromatic N) is 1. The molecular formula is C21H17ClN4O2. The summed E-state index contributed by atoms with van der Waals surface area (Å²) in [5.74, 6) is 0.281. The first-order valence-corrected chi connectivity index (χ1v) is 8.97. The van der Waals surface area contributed by atoms with E-state index in [4.69, 9.17) is 21.9 Å². The second-order valence-corrected chi connectivity index (χ2v) is 6.77. The number of nitrogens with one attached hydrogen (secondary N) is 2. The second-order valence-electron chi connectivity index (χ2n) is 6.37. The SMILES string of the molecule is Cc1ccc(NC(=O)Nc2ccc(-c3cccc4noc(N)c34)cc2)cc1Cl. The van der Waals surface area contributed by atoms with E-state index in [1.165, 1.54) is 0 Å². The van der Waals surface area contributed by atoms with E-state index >= 15 is 0 Å². The lowest BCUT2D eigenvalue weighted by Crippen LogP contribution is -2.19. The lowest BCUT2D eigenvalue weighted by Gasteiger charge is -2.10. The van der Waals surface area contributed by atoms with Crippen molar-refractivity contribution in [1.82, 2.24) is 5.16 Å². The number of fused-ring (bicyclic) bond motifs is 1. The van der Waals surface area contributed by atoms with Crippen LogP contribution in [0.4, 0.5) is 22.1 Å². The fourth-order valence-corrected chi connectivity index (χ4v) is 3.14. The van der Waals surface area contributed by atoms with Crippen LogP contribution in [0.25, 0.3) is 22.0 Å². The molecule has 0 spiro atoms. The van der Waals surface area contributed by atoms with E-state index in [0.717, 1.165) is 22.1 Å². The normalized spacial score (nSPS) is 10.8. The number of nitrogen functional groups attached to an aromatic ring is 1. The van der Waals surface area contributed by atoms with Crippen LogP contribution in [0.5, 0.6) is 0 Å². The third-order valence-corrected chi connectivity index (χ3v) is 4.82. The molecule has 6 nitrogen and oxygen atoms in total. The summed E-state index contributed by atoms with van der Waals surface area (Å²) in [5, 5.41) is 10.9. The molecule has 1 aromatic heterocycles. The highest BCUT2D eigenvalue weighted by atomic mass is 35.5. The van der Waals surface area contributed by atoms with E-state index in [-0.39, 0.29) is 11.9 Å². The Labute approximate surface area is 166 Å². The minimum Gasteiger partial charge on any atom is -0.367 e. The van der Waals surface area contributed by atoms with Gasteiger partial charge in [-0.3, -0.25) is 0 Å². The number of rotatable bonds is 3. The summed E-state index contributed by atoms with van der Waals surface area (Å²) in [5.41, 5.74) is 10.7. The number of urea groups is 1. The molecule has 0 radical (unpaired) electrons. The van der Waals surface area contributed by atoms with Crippen molar-refractivity contribution in [3.8, 4) is 11.1 Å². The molecule has 3 aromatic carbocycles. The molecule has 4 aromatic rings. The van der Waals surface area contributed by atoms with Crippen LogP contribution in [-0.4, -0.2) is 11.2 Å². The van der Waals surface area contributed by atoms with E-state index in [0.29, 0.717) is 21.9 Å². The summed E-state index contributed by atoms with van der Waals surface area (Å²) < 4.78 is 5.08. The van der Waals surface area contributed by atoms with Gasteiger partial charge in [0, 0.05) is 16.4 Å². The number of aromatic nitrogens is 1. The summed E-state index contributed by atoms with van der Waals surface area (Å²) in [6, 6.07) is 18.1. The van der Waals surface area contributed by atoms with Crippen LogP contribution in [-0.2, 0) is 0 Å². The van der Waals surface area contributed by atoms with E-state index in [1.807, 2.05) is 55.5 Å². The Balaban J connectivity index is 1.51. The molecule has 2 amide bonds. The first-order chi connectivity index (χ1) is 13.5. The van der Waals surface area contributed by atoms with Crippen molar-refractivity contribution in [3.05, 3.63) is 71.2 Å². The number of amides is 2. The Hall–Kier alpha value is -3.51. The van der Waals surface area contributed by atoms with E-state index in [2.05, 4.69) is 15.8 Å². The molecule has 7 heteroatoms. The van der Waals surface area contributed by atoms with E-state index in [1.54, 1.807) is 12.1 Å². The van der Waals surface area contributed by atoms with E-state index in [9.17, 15) is 4.79 Å². The van der Waals surface area contributed by atoms with Crippen LogP contribution in [0.2, 0.25) is 5.02 Å². The summed E-state index contributed by atoms with van der Waals surface area (Å²) in [7, 11) is 0. The Kier molecular flexibility index (Phi) is 4.63. The van der Waals surface area contributed by atoms with Crippen LogP contribution in [0.15, 0.2) is 65.2 Å². The van der Waals surface area contributed by atoms with Crippen molar-refractivity contribution >= 4 is 45.8 Å². The molecule has 4 rings (SSSR count). The number of benzene rings is 3. The van der Waals surface area contributed by atoms with Gasteiger partial charge in [0.15, 0.2) is 0 Å². The second kappa shape index (κ2) is 7.25. The maximum atomic E-state index is 12.2. The van der Waals surface area contributed by atoms with Crippen LogP contribution >= 0.6 is 11.6 Å². The average molecular weight is 393 g/mol. The molecule has 28 heavy (non-hydrogen) atoms. The largest absolute Gasteiger partial charge is 0.367 e. The van der Waals surface area contributed by atoms with Gasteiger partial charge in [-0.25, -0.2) is 4.79 Å². The quantitative estimate of drug-likeness (QED) is 0.418. The molecule has 0 atom stereocenters. The summed E-state index contributed by atoms with van der Waals surface area (Å²) in [6.07, 6.45) is 0. The zero-order valence-electron chi connectivity index (χ0n) is 15.0. The van der Waals surface area contributed by atoms with Crippen LogP contribution in [0, 0.1) is 6.92 Å². The maximum Gasteiger partial charge on any atom is 0.323 e. The Morgan fingerprint density at radius 1 is 1.04 bits per heavy atom. The molecule has 0 unspecified atom stereocenters. The fourth-order valence-electron chi connectivity index (χ4n) is 2.96.